The van der Waals surface area contributed by atoms with Crippen molar-refractivity contribution in [1.82, 2.24) is 4.98 Å². The zero-order chi connectivity index (χ0) is 10.3. The van der Waals surface area contributed by atoms with E-state index >= 15 is 0 Å². The number of aromatic nitrogens is 1. The number of hydrogen-bond acceptors (Lipinski definition) is 3. The van der Waals surface area contributed by atoms with Gasteiger partial charge in [-0.3, -0.25) is 0 Å². The smallest absolute Gasteiger partial charge is 0.222 e. The highest BCUT2D eigenvalue weighted by molar-refractivity contribution is 7.09. The van der Waals surface area contributed by atoms with Gasteiger partial charge in [-0.05, 0) is 24.0 Å². The molecule has 1 heterocycles. The number of nitrogens with zero attached hydrogens (tertiary/aromatic N) is 1. The molecule has 0 spiro atoms. The lowest BCUT2D eigenvalue weighted by Gasteiger charge is -2.02. The van der Waals surface area contributed by atoms with Crippen LogP contribution in [0.25, 0.3) is 0 Å². The highest BCUT2D eigenvalue weighted by Crippen LogP contribution is 2.35. The number of hydrogen-bond donors (Lipinski definition) is 1. The van der Waals surface area contributed by atoms with Crippen LogP contribution in [0.2, 0.25) is 0 Å². The van der Waals surface area contributed by atoms with Crippen molar-refractivity contribution in [2.75, 3.05) is 0 Å². The van der Waals surface area contributed by atoms with E-state index in [9.17, 15) is 5.11 Å². The molecule has 2 nitrogen and oxygen atoms in total. The molecule has 0 unspecified atom stereocenters. The molecule has 1 aromatic heterocycles. The molecule has 3 rings (SSSR count). The van der Waals surface area contributed by atoms with E-state index in [1.807, 2.05) is 0 Å². The first-order valence-electron chi connectivity index (χ1n) is 5.04. The number of benzene rings is 1. The second kappa shape index (κ2) is 3.35. The molecule has 0 bridgehead atoms. The second-order valence-corrected chi connectivity index (χ2v) is 4.81. The zero-order valence-corrected chi connectivity index (χ0v) is 9.00. The van der Waals surface area contributed by atoms with Crippen molar-refractivity contribution in [3.05, 3.63) is 45.8 Å². The molecule has 2 aromatic rings. The van der Waals surface area contributed by atoms with Gasteiger partial charge in [0.05, 0.1) is 5.38 Å². The van der Waals surface area contributed by atoms with Gasteiger partial charge in [0.15, 0.2) is 0 Å². The number of aromatic hydroxyl groups is 1. The van der Waals surface area contributed by atoms with Gasteiger partial charge in [-0.1, -0.05) is 24.3 Å². The lowest BCUT2D eigenvalue weighted by molar-refractivity contribution is 0.454. The SMILES string of the molecule is Oc1csc(C2Cc3ccccc3C2)n1. The molecular weight excluding hydrogens is 206 g/mol. The summed E-state index contributed by atoms with van der Waals surface area (Å²) < 4.78 is 0. The first kappa shape index (κ1) is 8.92. The van der Waals surface area contributed by atoms with Gasteiger partial charge in [0.2, 0.25) is 5.88 Å². The Bertz CT molecular complexity index is 467. The van der Waals surface area contributed by atoms with E-state index in [0.29, 0.717) is 5.92 Å². The van der Waals surface area contributed by atoms with Crippen LogP contribution in [0.15, 0.2) is 29.6 Å². The monoisotopic (exact) mass is 217 g/mol. The van der Waals surface area contributed by atoms with E-state index in [1.165, 1.54) is 11.1 Å². The van der Waals surface area contributed by atoms with Crippen molar-refractivity contribution in [1.29, 1.82) is 0 Å². The molecule has 3 heteroatoms. The van der Waals surface area contributed by atoms with Crippen LogP contribution in [-0.2, 0) is 12.8 Å². The van der Waals surface area contributed by atoms with Gasteiger partial charge in [0.25, 0.3) is 0 Å². The summed E-state index contributed by atoms with van der Waals surface area (Å²) in [4.78, 5) is 4.15. The average molecular weight is 217 g/mol. The quantitative estimate of drug-likeness (QED) is 0.796. The predicted molar refractivity (Wildman–Crippen MR) is 60.4 cm³/mol. The Morgan fingerprint density at radius 3 is 2.40 bits per heavy atom. The predicted octanol–water partition coefficient (Wildman–Crippen LogP) is 2.73. The molecule has 15 heavy (non-hydrogen) atoms. The third-order valence-corrected chi connectivity index (χ3v) is 3.90. The average Bonchev–Trinajstić information content (AvgIpc) is 2.82. The van der Waals surface area contributed by atoms with E-state index in [2.05, 4.69) is 29.2 Å². The second-order valence-electron chi connectivity index (χ2n) is 3.92. The molecule has 1 aliphatic rings. The minimum Gasteiger partial charge on any atom is -0.493 e. The summed E-state index contributed by atoms with van der Waals surface area (Å²) >= 11 is 1.56. The zero-order valence-electron chi connectivity index (χ0n) is 8.18. The molecule has 0 fully saturated rings. The van der Waals surface area contributed by atoms with Crippen molar-refractivity contribution in [2.24, 2.45) is 0 Å². The first-order chi connectivity index (χ1) is 7.33. The summed E-state index contributed by atoms with van der Waals surface area (Å²) in [5, 5.41) is 12.0. The third-order valence-electron chi connectivity index (χ3n) is 2.91. The maximum absolute atomic E-state index is 9.23. The Hall–Kier alpha value is -1.35. The maximum atomic E-state index is 9.23. The van der Waals surface area contributed by atoms with Gasteiger partial charge in [-0.25, -0.2) is 4.98 Å². The highest BCUT2D eigenvalue weighted by Gasteiger charge is 2.24. The number of fused-ring (bicyclic) bond motifs is 1. The van der Waals surface area contributed by atoms with Crippen LogP contribution in [-0.4, -0.2) is 10.1 Å². The number of thiazole rings is 1. The molecule has 0 atom stereocenters. The highest BCUT2D eigenvalue weighted by atomic mass is 32.1. The Balaban J connectivity index is 1.90. The summed E-state index contributed by atoms with van der Waals surface area (Å²) in [7, 11) is 0. The van der Waals surface area contributed by atoms with Crippen LogP contribution < -0.4 is 0 Å². The largest absolute Gasteiger partial charge is 0.493 e. The molecule has 1 aliphatic carbocycles. The topological polar surface area (TPSA) is 33.1 Å². The van der Waals surface area contributed by atoms with Crippen LogP contribution in [0.3, 0.4) is 0 Å². The van der Waals surface area contributed by atoms with Crippen molar-refractivity contribution in [2.45, 2.75) is 18.8 Å². The Labute approximate surface area is 92.2 Å². The molecule has 1 N–H and O–H groups in total. The Kier molecular flexibility index (Phi) is 1.99. The molecule has 0 saturated heterocycles. The molecule has 0 aliphatic heterocycles. The van der Waals surface area contributed by atoms with Gasteiger partial charge in [0.1, 0.15) is 5.01 Å². The molecule has 0 amide bonds. The summed E-state index contributed by atoms with van der Waals surface area (Å²) in [6.07, 6.45) is 2.12. The van der Waals surface area contributed by atoms with Crippen molar-refractivity contribution >= 4 is 11.3 Å². The number of rotatable bonds is 1. The normalized spacial score (nSPS) is 15.5. The Morgan fingerprint density at radius 1 is 1.20 bits per heavy atom. The molecule has 76 valence electrons. The lowest BCUT2D eigenvalue weighted by atomic mass is 10.1. The summed E-state index contributed by atoms with van der Waals surface area (Å²) in [6.45, 7) is 0. The standard InChI is InChI=1S/C12H11NOS/c14-11-7-15-12(13-11)10-5-8-3-1-2-4-9(8)6-10/h1-4,7,10,14H,5-6H2. The third kappa shape index (κ3) is 1.53. The van der Waals surface area contributed by atoms with E-state index in [0.717, 1.165) is 17.8 Å². The van der Waals surface area contributed by atoms with E-state index < -0.39 is 0 Å². The van der Waals surface area contributed by atoms with Gasteiger partial charge >= 0.3 is 0 Å². The van der Waals surface area contributed by atoms with E-state index in [1.54, 1.807) is 16.7 Å². The summed E-state index contributed by atoms with van der Waals surface area (Å²) in [5.41, 5.74) is 2.86. The van der Waals surface area contributed by atoms with Gasteiger partial charge in [0, 0.05) is 5.92 Å². The van der Waals surface area contributed by atoms with Crippen LogP contribution >= 0.6 is 11.3 Å². The fraction of sp³-hybridized carbons (Fsp3) is 0.250. The lowest BCUT2D eigenvalue weighted by Crippen LogP contribution is -1.96. The van der Waals surface area contributed by atoms with Crippen LogP contribution in [0.4, 0.5) is 0 Å². The van der Waals surface area contributed by atoms with Crippen LogP contribution in [0, 0.1) is 0 Å². The molecule has 0 saturated carbocycles. The Morgan fingerprint density at radius 2 is 1.87 bits per heavy atom. The van der Waals surface area contributed by atoms with Crippen molar-refractivity contribution in [3.8, 4) is 5.88 Å². The molecule has 1 aromatic carbocycles. The van der Waals surface area contributed by atoms with Crippen molar-refractivity contribution in [3.63, 3.8) is 0 Å². The van der Waals surface area contributed by atoms with Crippen LogP contribution in [0.1, 0.15) is 22.1 Å². The van der Waals surface area contributed by atoms with Crippen LogP contribution in [0.5, 0.6) is 5.88 Å². The molecule has 0 radical (unpaired) electrons. The summed E-state index contributed by atoms with van der Waals surface area (Å²) in [6, 6.07) is 8.53. The van der Waals surface area contributed by atoms with Gasteiger partial charge in [-0.15, -0.1) is 11.3 Å². The van der Waals surface area contributed by atoms with E-state index in [-0.39, 0.29) is 5.88 Å². The fourth-order valence-electron chi connectivity index (χ4n) is 2.20. The fourth-order valence-corrected chi connectivity index (χ4v) is 2.98. The molecular formula is C12H11NOS. The van der Waals surface area contributed by atoms with E-state index in [4.69, 9.17) is 0 Å². The minimum atomic E-state index is 0.158. The van der Waals surface area contributed by atoms with Gasteiger partial charge < -0.3 is 5.11 Å². The summed E-state index contributed by atoms with van der Waals surface area (Å²) in [5.74, 6) is 0.624. The maximum Gasteiger partial charge on any atom is 0.222 e. The van der Waals surface area contributed by atoms with Gasteiger partial charge in [-0.2, -0.15) is 0 Å². The first-order valence-corrected chi connectivity index (χ1v) is 5.92. The van der Waals surface area contributed by atoms with Crippen molar-refractivity contribution < 1.29 is 5.11 Å². The minimum absolute atomic E-state index is 0.158.